The Morgan fingerprint density at radius 2 is 1.79 bits per heavy atom. The Morgan fingerprint density at radius 1 is 1.15 bits per heavy atom. The zero-order chi connectivity index (χ0) is 23.9. The molecule has 9 heteroatoms. The van der Waals surface area contributed by atoms with Crippen molar-refractivity contribution in [3.05, 3.63) is 59.4 Å². The lowest BCUT2D eigenvalue weighted by atomic mass is 9.63. The lowest BCUT2D eigenvalue weighted by Gasteiger charge is -2.51. The number of nitrogens with one attached hydrogen (secondary N) is 3. The molecule has 2 bridgehead atoms. The molecule has 3 aromatic rings. The Labute approximate surface area is 195 Å². The zero-order valence-electron chi connectivity index (χ0n) is 19.0. The molecule has 6 rings (SSSR count). The number of fused-ring (bicyclic) bond motifs is 4. The van der Waals surface area contributed by atoms with Crippen LogP contribution in [0.5, 0.6) is 5.75 Å². The maximum Gasteiger partial charge on any atom is 0.315 e. The monoisotopic (exact) mass is 470 g/mol. The van der Waals surface area contributed by atoms with Crippen LogP contribution in [0.1, 0.15) is 56.0 Å². The maximum atomic E-state index is 14.3. The van der Waals surface area contributed by atoms with E-state index in [9.17, 15) is 18.7 Å². The van der Waals surface area contributed by atoms with Gasteiger partial charge in [-0.25, -0.2) is 18.6 Å². The van der Waals surface area contributed by atoms with Crippen molar-refractivity contribution >= 4 is 17.1 Å². The smallest absolute Gasteiger partial charge is 0.315 e. The number of H-pyrrole nitrogens is 1. The van der Waals surface area contributed by atoms with Gasteiger partial charge in [-0.1, -0.05) is 12.1 Å². The molecular formula is C25H28F2N4O3. The molecule has 0 aliphatic heterocycles. The van der Waals surface area contributed by atoms with Gasteiger partial charge in [0.25, 0.3) is 0 Å². The molecule has 1 heterocycles. The minimum Gasteiger partial charge on any atom is -0.491 e. The van der Waals surface area contributed by atoms with Gasteiger partial charge in [-0.05, 0) is 68.4 Å². The average Bonchev–Trinajstić information content (AvgIpc) is 3.24. The molecular weight excluding hydrogens is 442 g/mol. The van der Waals surface area contributed by atoms with Crippen molar-refractivity contribution in [1.29, 1.82) is 0 Å². The molecule has 3 saturated carbocycles. The van der Waals surface area contributed by atoms with E-state index < -0.39 is 29.0 Å². The molecule has 4 N–H and O–H groups in total. The number of rotatable bonds is 6. The SMILES string of the molecule is COc1c(F)cc(CC(NC(=O)NC23CCC(O)(CC2)CC3)c2nc3ccccc3[nH]2)cc1F. The van der Waals surface area contributed by atoms with Crippen LogP contribution in [0.15, 0.2) is 36.4 Å². The van der Waals surface area contributed by atoms with Gasteiger partial charge in [-0.3, -0.25) is 0 Å². The zero-order valence-corrected chi connectivity index (χ0v) is 19.0. The summed E-state index contributed by atoms with van der Waals surface area (Å²) in [5, 5.41) is 16.6. The average molecular weight is 471 g/mol. The highest BCUT2D eigenvalue weighted by Crippen LogP contribution is 2.46. The molecule has 1 atom stereocenters. The number of aliphatic hydroxyl groups is 1. The summed E-state index contributed by atoms with van der Waals surface area (Å²) in [6.07, 6.45) is 4.31. The van der Waals surface area contributed by atoms with E-state index >= 15 is 0 Å². The summed E-state index contributed by atoms with van der Waals surface area (Å²) in [6.45, 7) is 0. The number of benzene rings is 2. The molecule has 1 aromatic heterocycles. The quantitative estimate of drug-likeness (QED) is 0.432. The Hall–Kier alpha value is -3.20. The second kappa shape index (κ2) is 8.54. The van der Waals surface area contributed by atoms with Crippen LogP contribution in [-0.2, 0) is 6.42 Å². The number of amides is 2. The number of hydrogen-bond donors (Lipinski definition) is 4. The van der Waals surface area contributed by atoms with Gasteiger partial charge in [0.1, 0.15) is 5.82 Å². The van der Waals surface area contributed by atoms with E-state index in [-0.39, 0.29) is 18.0 Å². The number of carbonyl (C=O) groups excluding carboxylic acids is 1. The fourth-order valence-electron chi connectivity index (χ4n) is 5.30. The van der Waals surface area contributed by atoms with Crippen LogP contribution in [0.3, 0.4) is 0 Å². The molecule has 7 nitrogen and oxygen atoms in total. The molecule has 0 saturated heterocycles. The lowest BCUT2D eigenvalue weighted by Crippen LogP contribution is -2.60. The molecule has 2 aromatic carbocycles. The fraction of sp³-hybridized carbons (Fsp3) is 0.440. The standard InChI is InChI=1S/C25H28F2N4O3/c1-34-21-16(26)12-15(13-17(21)27)14-20(22-28-18-4-2-3-5-19(18)29-22)30-23(32)31-24-6-9-25(33,10-7-24)11-8-24/h2-5,12-13,20,33H,6-11,14H2,1H3,(H,28,29)(H2,30,31,32). The number of nitrogens with zero attached hydrogens (tertiary/aromatic N) is 1. The first-order valence-electron chi connectivity index (χ1n) is 11.6. The van der Waals surface area contributed by atoms with Gasteiger partial charge < -0.3 is 25.5 Å². The molecule has 2 amide bonds. The van der Waals surface area contributed by atoms with Crippen molar-refractivity contribution in [2.45, 2.75) is 62.1 Å². The molecule has 3 aliphatic rings. The van der Waals surface area contributed by atoms with E-state index in [0.29, 0.717) is 30.7 Å². The van der Waals surface area contributed by atoms with Gasteiger partial charge in [0.2, 0.25) is 0 Å². The number of carbonyl (C=O) groups is 1. The van der Waals surface area contributed by atoms with Gasteiger partial charge in [-0.15, -0.1) is 0 Å². The van der Waals surface area contributed by atoms with Gasteiger partial charge >= 0.3 is 6.03 Å². The molecule has 0 spiro atoms. The Morgan fingerprint density at radius 3 is 2.41 bits per heavy atom. The molecule has 34 heavy (non-hydrogen) atoms. The highest BCUT2D eigenvalue weighted by atomic mass is 19.1. The van der Waals surface area contributed by atoms with Crippen LogP contribution in [0, 0.1) is 11.6 Å². The number of hydrogen-bond acceptors (Lipinski definition) is 4. The second-order valence-corrected chi connectivity index (χ2v) is 9.59. The summed E-state index contributed by atoms with van der Waals surface area (Å²) in [5.74, 6) is -1.56. The summed E-state index contributed by atoms with van der Waals surface area (Å²) in [6, 6.07) is 8.86. The van der Waals surface area contributed by atoms with Gasteiger partial charge in [-0.2, -0.15) is 0 Å². The van der Waals surface area contributed by atoms with Crippen LogP contribution in [-0.4, -0.2) is 39.4 Å². The van der Waals surface area contributed by atoms with Gasteiger partial charge in [0.05, 0.1) is 29.8 Å². The van der Waals surface area contributed by atoms with Crippen molar-refractivity contribution in [2.24, 2.45) is 0 Å². The van der Waals surface area contributed by atoms with Crippen LogP contribution in [0.4, 0.5) is 13.6 Å². The number of para-hydroxylation sites is 2. The predicted molar refractivity (Wildman–Crippen MR) is 122 cm³/mol. The highest BCUT2D eigenvalue weighted by Gasteiger charge is 2.48. The number of urea groups is 1. The minimum atomic E-state index is -0.805. The third-order valence-corrected chi connectivity index (χ3v) is 7.33. The fourth-order valence-corrected chi connectivity index (χ4v) is 5.30. The summed E-state index contributed by atoms with van der Waals surface area (Å²) in [5.41, 5.74) is 0.952. The Balaban J connectivity index is 1.39. The van der Waals surface area contributed by atoms with Crippen LogP contribution < -0.4 is 15.4 Å². The second-order valence-electron chi connectivity index (χ2n) is 9.59. The van der Waals surface area contributed by atoms with E-state index in [1.54, 1.807) is 0 Å². The summed E-state index contributed by atoms with van der Waals surface area (Å²) in [7, 11) is 1.21. The topological polar surface area (TPSA) is 99.3 Å². The third kappa shape index (κ3) is 4.32. The summed E-state index contributed by atoms with van der Waals surface area (Å²) >= 11 is 0. The number of aromatic nitrogens is 2. The number of imidazole rings is 1. The number of methoxy groups -OCH3 is 1. The van der Waals surface area contributed by atoms with Crippen LogP contribution in [0.2, 0.25) is 0 Å². The molecule has 3 fully saturated rings. The van der Waals surface area contributed by atoms with Crippen LogP contribution >= 0.6 is 0 Å². The van der Waals surface area contributed by atoms with Crippen molar-refractivity contribution in [2.75, 3.05) is 7.11 Å². The van der Waals surface area contributed by atoms with Crippen molar-refractivity contribution in [1.82, 2.24) is 20.6 Å². The Kier molecular flexibility index (Phi) is 5.67. The molecule has 0 radical (unpaired) electrons. The third-order valence-electron chi connectivity index (χ3n) is 7.33. The first-order chi connectivity index (χ1) is 16.3. The summed E-state index contributed by atoms with van der Waals surface area (Å²) < 4.78 is 33.4. The largest absolute Gasteiger partial charge is 0.491 e. The normalized spacial score (nSPS) is 24.7. The van der Waals surface area contributed by atoms with Gasteiger partial charge in [0.15, 0.2) is 17.4 Å². The summed E-state index contributed by atoms with van der Waals surface area (Å²) in [4.78, 5) is 20.9. The number of aromatic amines is 1. The maximum absolute atomic E-state index is 14.3. The molecule has 1 unspecified atom stereocenters. The van der Waals surface area contributed by atoms with Gasteiger partial charge in [0, 0.05) is 12.0 Å². The lowest BCUT2D eigenvalue weighted by molar-refractivity contribution is -0.0694. The van der Waals surface area contributed by atoms with Crippen molar-refractivity contribution < 1.29 is 23.4 Å². The minimum absolute atomic E-state index is 0.123. The van der Waals surface area contributed by atoms with Crippen molar-refractivity contribution in [3.8, 4) is 5.75 Å². The van der Waals surface area contributed by atoms with E-state index in [2.05, 4.69) is 20.6 Å². The van der Waals surface area contributed by atoms with E-state index in [4.69, 9.17) is 4.74 Å². The predicted octanol–water partition coefficient (Wildman–Crippen LogP) is 4.27. The van der Waals surface area contributed by atoms with E-state index in [1.807, 2.05) is 24.3 Å². The van der Waals surface area contributed by atoms with Crippen LogP contribution in [0.25, 0.3) is 11.0 Å². The van der Waals surface area contributed by atoms with E-state index in [1.165, 1.54) is 19.2 Å². The first kappa shape index (κ1) is 22.6. The first-order valence-corrected chi connectivity index (χ1v) is 11.6. The molecule has 3 aliphatic carbocycles. The van der Waals surface area contributed by atoms with Crippen molar-refractivity contribution in [3.63, 3.8) is 0 Å². The van der Waals surface area contributed by atoms with E-state index in [0.717, 1.165) is 30.3 Å². The number of ether oxygens (including phenoxy) is 1. The highest BCUT2D eigenvalue weighted by molar-refractivity contribution is 5.77. The Bertz CT molecular complexity index is 1150. The molecule has 180 valence electrons. The number of halogens is 2.